The first-order valence-corrected chi connectivity index (χ1v) is 13.8. The van der Waals surface area contributed by atoms with Gasteiger partial charge in [0.1, 0.15) is 10.8 Å². The molecule has 1 saturated heterocycles. The summed E-state index contributed by atoms with van der Waals surface area (Å²) in [6, 6.07) is 16.2. The van der Waals surface area contributed by atoms with Crippen molar-refractivity contribution in [2.75, 3.05) is 6.54 Å². The summed E-state index contributed by atoms with van der Waals surface area (Å²) >= 11 is 1.63. The first-order chi connectivity index (χ1) is 17.1. The zero-order chi connectivity index (χ0) is 24.2. The number of carbonyl (C=O) groups excluding carboxylic acids is 1. The minimum atomic E-state index is -0.276. The average Bonchev–Trinajstić information content (AvgIpc) is 3.59. The number of nitrogens with two attached hydrogens (primary N) is 1. The van der Waals surface area contributed by atoms with Gasteiger partial charge < -0.3 is 10.6 Å². The summed E-state index contributed by atoms with van der Waals surface area (Å²) in [6.07, 6.45) is 11.1. The number of amidine groups is 1. The van der Waals surface area contributed by atoms with Crippen LogP contribution in [0, 0.1) is 11.3 Å². The van der Waals surface area contributed by atoms with Gasteiger partial charge in [-0.2, -0.15) is 0 Å². The lowest BCUT2D eigenvalue weighted by Crippen LogP contribution is -2.43. The van der Waals surface area contributed by atoms with Gasteiger partial charge in [-0.1, -0.05) is 62.4 Å². The monoisotopic (exact) mass is 486 g/mol. The lowest BCUT2D eigenvalue weighted by molar-refractivity contribution is 0.0769. The van der Waals surface area contributed by atoms with Crippen LogP contribution in [-0.2, 0) is 6.42 Å². The third kappa shape index (κ3) is 5.48. The molecule has 0 unspecified atom stereocenters. The molecule has 1 aromatic heterocycles. The van der Waals surface area contributed by atoms with Crippen LogP contribution in [0.25, 0.3) is 21.8 Å². The van der Waals surface area contributed by atoms with Crippen LogP contribution in [0.1, 0.15) is 67.3 Å². The average molecular weight is 487 g/mol. The number of hydrogen-bond donors (Lipinski definition) is 2. The second-order valence-corrected chi connectivity index (χ2v) is 10.8. The molecule has 6 heteroatoms. The van der Waals surface area contributed by atoms with Crippen molar-refractivity contribution in [1.82, 2.24) is 9.88 Å². The fourth-order valence-corrected chi connectivity index (χ4v) is 6.36. The molecule has 0 bridgehead atoms. The fraction of sp³-hybridized carbons (Fsp3) is 0.414. The predicted molar refractivity (Wildman–Crippen MR) is 144 cm³/mol. The Morgan fingerprint density at radius 3 is 2.60 bits per heavy atom. The summed E-state index contributed by atoms with van der Waals surface area (Å²) in [7, 11) is 0. The highest BCUT2D eigenvalue weighted by Crippen LogP contribution is 2.31. The lowest BCUT2D eigenvalue weighted by atomic mass is 9.85. The molecular formula is C29H34N4OS. The Kier molecular flexibility index (Phi) is 7.28. The molecule has 1 saturated carbocycles. The summed E-state index contributed by atoms with van der Waals surface area (Å²) < 4.78 is 0. The molecule has 3 N–H and O–H groups in total. The highest BCUT2D eigenvalue weighted by molar-refractivity contribution is 7.13. The number of benzene rings is 2. The van der Waals surface area contributed by atoms with Crippen LogP contribution in [0.4, 0.5) is 0 Å². The quantitative estimate of drug-likeness (QED) is 0.294. The van der Waals surface area contributed by atoms with Gasteiger partial charge in [0.2, 0.25) is 0 Å². The third-order valence-electron chi connectivity index (χ3n) is 7.54. The lowest BCUT2D eigenvalue weighted by Gasteiger charge is -2.23. The maximum absolute atomic E-state index is 12.9. The number of hydrogen-bond acceptors (Lipinski definition) is 4. The second-order valence-electron chi connectivity index (χ2n) is 9.97. The Morgan fingerprint density at radius 2 is 1.83 bits per heavy atom. The van der Waals surface area contributed by atoms with E-state index in [1.54, 1.807) is 16.2 Å². The molecule has 2 aromatic carbocycles. The number of likely N-dealkylation sites (tertiary alicyclic amines) is 1. The summed E-state index contributed by atoms with van der Waals surface area (Å²) in [5.41, 5.74) is 10.9. The largest absolute Gasteiger partial charge is 0.386 e. The van der Waals surface area contributed by atoms with Gasteiger partial charge in [-0.3, -0.25) is 10.2 Å². The molecule has 3 aromatic rings. The molecule has 2 aliphatic rings. The molecule has 1 amide bonds. The first kappa shape index (κ1) is 23.7. The van der Waals surface area contributed by atoms with E-state index in [9.17, 15) is 4.79 Å². The van der Waals surface area contributed by atoms with E-state index < -0.39 is 0 Å². The highest BCUT2D eigenvalue weighted by atomic mass is 32.1. The minimum absolute atomic E-state index is 0.0564. The van der Waals surface area contributed by atoms with E-state index in [0.29, 0.717) is 12.1 Å². The third-order valence-corrected chi connectivity index (χ3v) is 8.44. The maximum atomic E-state index is 12.9. The number of rotatable bonds is 7. The molecule has 5 nitrogen and oxygen atoms in total. The van der Waals surface area contributed by atoms with Crippen LogP contribution in [0.2, 0.25) is 0 Å². The van der Waals surface area contributed by atoms with Gasteiger partial charge in [0.05, 0.1) is 11.7 Å². The number of aromatic nitrogens is 1. The normalized spacial score (nSPS) is 18.6. The number of nitrogens with one attached hydrogen (secondary N) is 1. The predicted octanol–water partition coefficient (Wildman–Crippen LogP) is 6.53. The Bertz CT molecular complexity index is 1180. The zero-order valence-corrected chi connectivity index (χ0v) is 21.0. The van der Waals surface area contributed by atoms with Crippen molar-refractivity contribution in [3.63, 3.8) is 0 Å². The summed E-state index contributed by atoms with van der Waals surface area (Å²) in [5, 5.41) is 10.8. The summed E-state index contributed by atoms with van der Waals surface area (Å²) in [6.45, 7) is 0.653. The molecule has 2 fully saturated rings. The van der Waals surface area contributed by atoms with E-state index in [2.05, 4.69) is 29.6 Å². The van der Waals surface area contributed by atoms with E-state index in [1.165, 1.54) is 49.7 Å². The van der Waals surface area contributed by atoms with Crippen LogP contribution in [0.3, 0.4) is 0 Å². The van der Waals surface area contributed by atoms with E-state index >= 15 is 0 Å². The Hall–Kier alpha value is -2.99. The molecular weight excluding hydrogens is 452 g/mol. The van der Waals surface area contributed by atoms with Crippen LogP contribution in [-0.4, -0.2) is 34.2 Å². The molecule has 1 aliphatic carbocycles. The standard InChI is InChI=1S/C29H34N4OS/c30-27(31)26-10-5-17-33(26)29(34)23-15-13-22(14-16-23)28-32-25(19-35-28)24-9-4-8-21(18-24)12-11-20-6-2-1-3-7-20/h4,8-9,13-16,18-20,26H,1-3,5-7,10-12,17H2,(H3,30,31)/t26-/m0/s1. The van der Waals surface area contributed by atoms with Crippen molar-refractivity contribution in [2.24, 2.45) is 11.7 Å². The summed E-state index contributed by atoms with van der Waals surface area (Å²) in [4.78, 5) is 19.6. The SMILES string of the molecule is N=C(N)[C@@H]1CCCN1C(=O)c1ccc(-c2nc(-c3cccc(CCC4CCCCC4)c3)cs2)cc1. The van der Waals surface area contributed by atoms with Crippen molar-refractivity contribution in [3.05, 3.63) is 65.0 Å². The van der Waals surface area contributed by atoms with Gasteiger partial charge >= 0.3 is 0 Å². The van der Waals surface area contributed by atoms with E-state index in [4.69, 9.17) is 16.1 Å². The molecule has 1 aliphatic heterocycles. The van der Waals surface area contributed by atoms with Crippen molar-refractivity contribution >= 4 is 23.1 Å². The molecule has 2 heterocycles. The van der Waals surface area contributed by atoms with Crippen LogP contribution < -0.4 is 5.73 Å². The van der Waals surface area contributed by atoms with Crippen molar-refractivity contribution < 1.29 is 4.79 Å². The molecule has 0 radical (unpaired) electrons. The Balaban J connectivity index is 1.25. The van der Waals surface area contributed by atoms with E-state index in [1.807, 2.05) is 24.3 Å². The van der Waals surface area contributed by atoms with Crippen LogP contribution in [0.15, 0.2) is 53.9 Å². The molecule has 182 valence electrons. The Morgan fingerprint density at radius 1 is 1.03 bits per heavy atom. The number of thiazole rings is 1. The number of aryl methyl sites for hydroxylation is 1. The van der Waals surface area contributed by atoms with Crippen molar-refractivity contribution in [3.8, 4) is 21.8 Å². The van der Waals surface area contributed by atoms with Crippen molar-refractivity contribution in [2.45, 2.75) is 63.8 Å². The van der Waals surface area contributed by atoms with Crippen LogP contribution in [0.5, 0.6) is 0 Å². The van der Waals surface area contributed by atoms with Gasteiger partial charge in [0.15, 0.2) is 0 Å². The zero-order valence-electron chi connectivity index (χ0n) is 20.2. The van der Waals surface area contributed by atoms with Crippen LogP contribution >= 0.6 is 11.3 Å². The van der Waals surface area contributed by atoms with Gasteiger partial charge in [0, 0.05) is 28.6 Å². The van der Waals surface area contributed by atoms with E-state index in [0.717, 1.165) is 41.4 Å². The van der Waals surface area contributed by atoms with E-state index in [-0.39, 0.29) is 17.8 Å². The number of nitrogens with zero attached hydrogens (tertiary/aromatic N) is 2. The molecule has 5 rings (SSSR count). The highest BCUT2D eigenvalue weighted by Gasteiger charge is 2.31. The minimum Gasteiger partial charge on any atom is -0.386 e. The second kappa shape index (κ2) is 10.7. The molecule has 35 heavy (non-hydrogen) atoms. The topological polar surface area (TPSA) is 83.1 Å². The maximum Gasteiger partial charge on any atom is 0.254 e. The Labute approximate surface area is 211 Å². The van der Waals surface area contributed by atoms with Gasteiger partial charge in [0.25, 0.3) is 5.91 Å². The van der Waals surface area contributed by atoms with Gasteiger partial charge in [-0.05, 0) is 55.4 Å². The smallest absolute Gasteiger partial charge is 0.254 e. The van der Waals surface area contributed by atoms with Gasteiger partial charge in [-0.25, -0.2) is 4.98 Å². The molecule has 1 atom stereocenters. The number of amides is 1. The fourth-order valence-electron chi connectivity index (χ4n) is 5.53. The molecule has 0 spiro atoms. The number of carbonyl (C=O) groups is 1. The first-order valence-electron chi connectivity index (χ1n) is 12.9. The van der Waals surface area contributed by atoms with Gasteiger partial charge in [-0.15, -0.1) is 11.3 Å². The summed E-state index contributed by atoms with van der Waals surface area (Å²) in [5.74, 6) is 0.909. The van der Waals surface area contributed by atoms with Crippen molar-refractivity contribution in [1.29, 1.82) is 5.41 Å².